The van der Waals surface area contributed by atoms with E-state index in [9.17, 15) is 9.59 Å². The third-order valence-electron chi connectivity index (χ3n) is 5.52. The first-order valence-electron chi connectivity index (χ1n) is 10.7. The zero-order valence-electron chi connectivity index (χ0n) is 18.5. The number of likely N-dealkylation sites (tertiary alicyclic amines) is 1. The van der Waals surface area contributed by atoms with Gasteiger partial charge in [-0.2, -0.15) is 0 Å². The molecule has 172 valence electrons. The Balaban J connectivity index is 1.33. The summed E-state index contributed by atoms with van der Waals surface area (Å²) in [6, 6.07) is 10.7. The lowest BCUT2D eigenvalue weighted by Gasteiger charge is -2.36. The molecule has 0 spiro atoms. The number of nitrogens with one attached hydrogen (secondary N) is 1. The van der Waals surface area contributed by atoms with Crippen LogP contribution in [0, 0.1) is 0 Å². The fourth-order valence-corrected chi connectivity index (χ4v) is 4.91. The van der Waals surface area contributed by atoms with Crippen LogP contribution in [0.4, 0.5) is 5.69 Å². The molecule has 2 aromatic heterocycles. The highest BCUT2D eigenvalue weighted by Gasteiger charge is 2.37. The van der Waals surface area contributed by atoms with E-state index in [0.29, 0.717) is 35.2 Å². The quantitative estimate of drug-likeness (QED) is 0.531. The van der Waals surface area contributed by atoms with E-state index in [-0.39, 0.29) is 17.7 Å². The van der Waals surface area contributed by atoms with Crippen molar-refractivity contribution >= 4 is 40.4 Å². The second kappa shape index (κ2) is 9.89. The molecule has 4 rings (SSSR count). The van der Waals surface area contributed by atoms with Crippen molar-refractivity contribution in [2.24, 2.45) is 0 Å². The smallest absolute Gasteiger partial charge is 0.275 e. The minimum absolute atomic E-state index is 0.0726. The number of aromatic nitrogens is 2. The predicted molar refractivity (Wildman–Crippen MR) is 129 cm³/mol. The first kappa shape index (κ1) is 23.2. The summed E-state index contributed by atoms with van der Waals surface area (Å²) in [7, 11) is 0. The summed E-state index contributed by atoms with van der Waals surface area (Å²) in [5.41, 5.74) is -0.00607. The molecule has 0 atom stereocenters. The fourth-order valence-electron chi connectivity index (χ4n) is 3.77. The Bertz CT molecular complexity index is 1130. The van der Waals surface area contributed by atoms with E-state index in [4.69, 9.17) is 16.3 Å². The van der Waals surface area contributed by atoms with E-state index in [0.717, 1.165) is 17.8 Å². The van der Waals surface area contributed by atoms with Crippen molar-refractivity contribution in [1.29, 1.82) is 0 Å². The van der Waals surface area contributed by atoms with Crippen LogP contribution in [0.15, 0.2) is 54.2 Å². The van der Waals surface area contributed by atoms with Gasteiger partial charge in [-0.15, -0.1) is 11.3 Å². The largest absolute Gasteiger partial charge is 0.476 e. The summed E-state index contributed by atoms with van der Waals surface area (Å²) in [4.78, 5) is 36.0. The summed E-state index contributed by atoms with van der Waals surface area (Å²) >= 11 is 7.67. The molecular weight excluding hydrogens is 460 g/mol. The molecule has 0 unspecified atom stereocenters. The standard InChI is InChI=1S/C24H25ClN4O3S/c1-24(2,32-20-8-4-3-7-18(20)25)23(31)29-12-9-16(10-13-29)22-28-19(15-33-22)21(30)27-17-6-5-11-26-14-17/h3-8,11,14-16H,9-10,12-13H2,1-2H3,(H,27,30). The van der Waals surface area contributed by atoms with E-state index in [1.165, 1.54) is 11.3 Å². The number of amides is 2. The molecule has 9 heteroatoms. The number of nitrogens with zero attached hydrogens (tertiary/aromatic N) is 3. The van der Waals surface area contributed by atoms with Gasteiger partial charge in [-0.3, -0.25) is 14.6 Å². The van der Waals surface area contributed by atoms with Crippen LogP contribution in [-0.4, -0.2) is 45.4 Å². The third kappa shape index (κ3) is 5.51. The molecule has 0 saturated carbocycles. The van der Waals surface area contributed by atoms with E-state index in [1.54, 1.807) is 55.9 Å². The Morgan fingerprint density at radius 1 is 1.18 bits per heavy atom. The van der Waals surface area contributed by atoms with Crippen molar-refractivity contribution in [2.75, 3.05) is 18.4 Å². The Hall–Kier alpha value is -2.97. The molecule has 1 aliphatic rings. The number of ether oxygens (including phenoxy) is 1. The zero-order chi connectivity index (χ0) is 23.4. The lowest BCUT2D eigenvalue weighted by molar-refractivity contribution is -0.146. The van der Waals surface area contributed by atoms with Gasteiger partial charge in [0.05, 0.1) is 21.9 Å². The van der Waals surface area contributed by atoms with Gasteiger partial charge in [0, 0.05) is 30.6 Å². The van der Waals surface area contributed by atoms with Crippen LogP contribution in [0.3, 0.4) is 0 Å². The number of anilines is 1. The van der Waals surface area contributed by atoms with Gasteiger partial charge >= 0.3 is 0 Å². The molecule has 1 aromatic carbocycles. The average molecular weight is 485 g/mol. The van der Waals surface area contributed by atoms with E-state index in [2.05, 4.69) is 15.3 Å². The maximum absolute atomic E-state index is 13.1. The number of halogens is 1. The highest BCUT2D eigenvalue weighted by Crippen LogP contribution is 2.33. The SMILES string of the molecule is CC(C)(Oc1ccccc1Cl)C(=O)N1CCC(c2nc(C(=O)Nc3cccnc3)cs2)CC1. The Morgan fingerprint density at radius 2 is 1.94 bits per heavy atom. The number of benzene rings is 1. The van der Waals surface area contributed by atoms with Crippen LogP contribution < -0.4 is 10.1 Å². The molecule has 3 heterocycles. The van der Waals surface area contributed by atoms with Crippen LogP contribution in [0.5, 0.6) is 5.75 Å². The van der Waals surface area contributed by atoms with Crippen LogP contribution >= 0.6 is 22.9 Å². The number of pyridine rings is 1. The number of rotatable bonds is 6. The van der Waals surface area contributed by atoms with Gasteiger partial charge in [-0.25, -0.2) is 4.98 Å². The van der Waals surface area contributed by atoms with Crippen molar-refractivity contribution in [3.05, 3.63) is 69.9 Å². The number of piperidine rings is 1. The number of carbonyl (C=O) groups is 2. The molecule has 3 aromatic rings. The highest BCUT2D eigenvalue weighted by molar-refractivity contribution is 7.10. The van der Waals surface area contributed by atoms with Gasteiger partial charge in [0.25, 0.3) is 11.8 Å². The van der Waals surface area contributed by atoms with Crippen LogP contribution in [0.25, 0.3) is 0 Å². The molecule has 7 nitrogen and oxygen atoms in total. The summed E-state index contributed by atoms with van der Waals surface area (Å²) in [6.45, 7) is 4.74. The van der Waals surface area contributed by atoms with Crippen molar-refractivity contribution in [3.8, 4) is 5.75 Å². The fraction of sp³-hybridized carbons (Fsp3) is 0.333. The second-order valence-electron chi connectivity index (χ2n) is 8.38. The van der Waals surface area contributed by atoms with E-state index in [1.807, 2.05) is 17.0 Å². The molecule has 1 fully saturated rings. The van der Waals surface area contributed by atoms with Crippen LogP contribution in [0.1, 0.15) is 48.1 Å². The van der Waals surface area contributed by atoms with Gasteiger partial charge in [0.2, 0.25) is 0 Å². The van der Waals surface area contributed by atoms with Crippen molar-refractivity contribution in [2.45, 2.75) is 38.2 Å². The third-order valence-corrected chi connectivity index (χ3v) is 6.84. The number of thiazole rings is 1. The van der Waals surface area contributed by atoms with E-state index >= 15 is 0 Å². The Morgan fingerprint density at radius 3 is 2.64 bits per heavy atom. The molecule has 1 aliphatic heterocycles. The van der Waals surface area contributed by atoms with E-state index < -0.39 is 5.60 Å². The monoisotopic (exact) mass is 484 g/mol. The molecule has 1 N–H and O–H groups in total. The summed E-state index contributed by atoms with van der Waals surface area (Å²) < 4.78 is 5.96. The van der Waals surface area contributed by atoms with Gasteiger partial charge in [0.1, 0.15) is 11.4 Å². The molecule has 0 radical (unpaired) electrons. The zero-order valence-corrected chi connectivity index (χ0v) is 20.0. The Kier molecular flexibility index (Phi) is 6.95. The first-order chi connectivity index (χ1) is 15.8. The van der Waals surface area contributed by atoms with Crippen molar-refractivity contribution < 1.29 is 14.3 Å². The molecule has 33 heavy (non-hydrogen) atoms. The molecular formula is C24H25ClN4O3S. The molecule has 0 aliphatic carbocycles. The molecule has 2 amide bonds. The first-order valence-corrected chi connectivity index (χ1v) is 12.0. The maximum atomic E-state index is 13.1. The maximum Gasteiger partial charge on any atom is 0.275 e. The Labute approximate surface area is 201 Å². The van der Waals surface area contributed by atoms with Gasteiger partial charge in [0.15, 0.2) is 5.60 Å². The topological polar surface area (TPSA) is 84.4 Å². The van der Waals surface area contributed by atoms with Gasteiger partial charge in [-0.1, -0.05) is 23.7 Å². The summed E-state index contributed by atoms with van der Waals surface area (Å²) in [5, 5.41) is 5.98. The average Bonchev–Trinajstić information content (AvgIpc) is 3.31. The lowest BCUT2D eigenvalue weighted by Crippen LogP contribution is -2.51. The number of hydrogen-bond acceptors (Lipinski definition) is 6. The van der Waals surface area contributed by atoms with Gasteiger partial charge in [-0.05, 0) is 51.0 Å². The van der Waals surface area contributed by atoms with Crippen LogP contribution in [-0.2, 0) is 4.79 Å². The lowest BCUT2D eigenvalue weighted by atomic mass is 9.96. The van der Waals surface area contributed by atoms with Gasteiger partial charge < -0.3 is 15.0 Å². The van der Waals surface area contributed by atoms with Crippen LogP contribution in [0.2, 0.25) is 5.02 Å². The number of carbonyl (C=O) groups excluding carboxylic acids is 2. The molecule has 1 saturated heterocycles. The predicted octanol–water partition coefficient (Wildman–Crippen LogP) is 5.01. The highest BCUT2D eigenvalue weighted by atomic mass is 35.5. The summed E-state index contributed by atoms with van der Waals surface area (Å²) in [5.74, 6) is 0.381. The normalized spacial score (nSPS) is 14.7. The second-order valence-corrected chi connectivity index (χ2v) is 9.67. The number of para-hydroxylation sites is 1. The minimum Gasteiger partial charge on any atom is -0.476 e. The number of hydrogen-bond donors (Lipinski definition) is 1. The van der Waals surface area contributed by atoms with Crippen molar-refractivity contribution in [1.82, 2.24) is 14.9 Å². The minimum atomic E-state index is -1.03. The summed E-state index contributed by atoms with van der Waals surface area (Å²) in [6.07, 6.45) is 4.81. The van der Waals surface area contributed by atoms with Crippen molar-refractivity contribution in [3.63, 3.8) is 0 Å². The molecule has 0 bridgehead atoms.